The van der Waals surface area contributed by atoms with E-state index in [0.29, 0.717) is 15.7 Å². The van der Waals surface area contributed by atoms with Crippen LogP contribution in [0.5, 0.6) is 11.5 Å². The second kappa shape index (κ2) is 9.84. The molecular formula is C21H18BrClN2O6. The maximum absolute atomic E-state index is 12.8. The number of carbonyl (C=O) groups is 3. The molecular weight excluding hydrogens is 492 g/mol. The smallest absolute Gasteiger partial charge is 0.344 e. The lowest BCUT2D eigenvalue weighted by Crippen LogP contribution is -2.35. The molecule has 1 N–H and O–H groups in total. The number of methoxy groups -OCH3 is 1. The van der Waals surface area contributed by atoms with E-state index >= 15 is 0 Å². The summed E-state index contributed by atoms with van der Waals surface area (Å²) in [5.41, 5.74) is 3.39. The topological polar surface area (TPSA) is 94.2 Å². The Morgan fingerprint density at radius 3 is 2.61 bits per heavy atom. The molecule has 3 rings (SSSR count). The van der Waals surface area contributed by atoms with Crippen molar-refractivity contribution in [1.82, 2.24) is 5.43 Å². The van der Waals surface area contributed by atoms with Crippen LogP contribution >= 0.6 is 27.5 Å². The van der Waals surface area contributed by atoms with E-state index in [0.717, 1.165) is 5.01 Å². The number of hydrogen-bond donors (Lipinski definition) is 1. The first-order valence-corrected chi connectivity index (χ1v) is 10.3. The molecule has 1 heterocycles. The van der Waals surface area contributed by atoms with Crippen LogP contribution in [-0.4, -0.2) is 38.1 Å². The maximum atomic E-state index is 12.8. The first-order valence-electron chi connectivity index (χ1n) is 9.14. The first-order chi connectivity index (χ1) is 14.9. The minimum atomic E-state index is -0.558. The Balaban J connectivity index is 1.93. The van der Waals surface area contributed by atoms with Gasteiger partial charge in [-0.1, -0.05) is 29.8 Å². The fraction of sp³-hybridized carbons (Fsp3) is 0.190. The van der Waals surface area contributed by atoms with Gasteiger partial charge < -0.3 is 14.2 Å². The molecule has 10 heteroatoms. The molecule has 1 aliphatic rings. The Kier molecular flexibility index (Phi) is 7.19. The van der Waals surface area contributed by atoms with Crippen LogP contribution in [0.25, 0.3) is 6.08 Å². The Morgan fingerprint density at radius 1 is 1.26 bits per heavy atom. The number of nitrogens with one attached hydrogen (secondary N) is 1. The van der Waals surface area contributed by atoms with Crippen LogP contribution in [0.2, 0.25) is 5.02 Å². The van der Waals surface area contributed by atoms with Crippen LogP contribution in [0.4, 0.5) is 5.69 Å². The van der Waals surface area contributed by atoms with Gasteiger partial charge in [0.25, 0.3) is 11.8 Å². The van der Waals surface area contributed by atoms with Crippen LogP contribution < -0.4 is 19.9 Å². The molecule has 2 amide bonds. The summed E-state index contributed by atoms with van der Waals surface area (Å²) >= 11 is 9.75. The highest BCUT2D eigenvalue weighted by atomic mass is 79.9. The van der Waals surface area contributed by atoms with Gasteiger partial charge in [0, 0.05) is 4.47 Å². The van der Waals surface area contributed by atoms with Crippen molar-refractivity contribution in [3.05, 3.63) is 57.0 Å². The fourth-order valence-electron chi connectivity index (χ4n) is 2.80. The Hall–Kier alpha value is -3.04. The average Bonchev–Trinajstić information content (AvgIpc) is 3.05. The maximum Gasteiger partial charge on any atom is 0.344 e. The van der Waals surface area contributed by atoms with E-state index in [4.69, 9.17) is 25.8 Å². The van der Waals surface area contributed by atoms with Gasteiger partial charge in [-0.15, -0.1) is 0 Å². The zero-order valence-corrected chi connectivity index (χ0v) is 19.0. The monoisotopic (exact) mass is 508 g/mol. The second-order valence-electron chi connectivity index (χ2n) is 6.19. The molecule has 0 aliphatic carbocycles. The molecule has 0 spiro atoms. The lowest BCUT2D eigenvalue weighted by molar-refractivity contribution is -0.145. The van der Waals surface area contributed by atoms with Gasteiger partial charge in [-0.05, 0) is 52.7 Å². The zero-order valence-electron chi connectivity index (χ0n) is 16.6. The highest BCUT2D eigenvalue weighted by Gasteiger charge is 2.34. The van der Waals surface area contributed by atoms with E-state index in [1.807, 2.05) is 0 Å². The molecule has 1 aliphatic heterocycles. The van der Waals surface area contributed by atoms with Crippen molar-refractivity contribution in [2.24, 2.45) is 0 Å². The number of esters is 1. The number of nitrogens with zero attached hydrogens (tertiary/aromatic N) is 1. The van der Waals surface area contributed by atoms with Crippen molar-refractivity contribution in [2.75, 3.05) is 25.3 Å². The van der Waals surface area contributed by atoms with Crippen LogP contribution in [-0.2, 0) is 19.1 Å². The van der Waals surface area contributed by atoms with E-state index in [1.165, 1.54) is 19.3 Å². The molecule has 0 radical (unpaired) electrons. The third-order valence-corrected chi connectivity index (χ3v) is 5.66. The van der Waals surface area contributed by atoms with Gasteiger partial charge >= 0.3 is 5.97 Å². The summed E-state index contributed by atoms with van der Waals surface area (Å²) in [6.45, 7) is 1.55. The van der Waals surface area contributed by atoms with Crippen molar-refractivity contribution >= 4 is 57.1 Å². The number of hydrazine groups is 1. The third-order valence-electron chi connectivity index (χ3n) is 4.22. The average molecular weight is 510 g/mol. The minimum Gasteiger partial charge on any atom is -0.493 e. The van der Waals surface area contributed by atoms with Gasteiger partial charge in [0.05, 0.1) is 19.4 Å². The fourth-order valence-corrected chi connectivity index (χ4v) is 3.47. The van der Waals surface area contributed by atoms with E-state index in [2.05, 4.69) is 21.4 Å². The summed E-state index contributed by atoms with van der Waals surface area (Å²) < 4.78 is 16.0. The summed E-state index contributed by atoms with van der Waals surface area (Å²) in [5.74, 6) is -1.29. The van der Waals surface area contributed by atoms with Crippen molar-refractivity contribution < 1.29 is 28.6 Å². The Labute approximate surface area is 191 Å². The van der Waals surface area contributed by atoms with Gasteiger partial charge in [0.1, 0.15) is 10.6 Å². The third kappa shape index (κ3) is 4.83. The number of hydrogen-bond acceptors (Lipinski definition) is 6. The zero-order chi connectivity index (χ0) is 22.5. The van der Waals surface area contributed by atoms with Gasteiger partial charge in [-0.25, -0.2) is 9.80 Å². The number of benzene rings is 2. The molecule has 0 unspecified atom stereocenters. The van der Waals surface area contributed by atoms with Crippen molar-refractivity contribution in [1.29, 1.82) is 0 Å². The number of rotatable bonds is 7. The summed E-state index contributed by atoms with van der Waals surface area (Å²) in [5, 5.41) is 1.28. The molecule has 1 saturated heterocycles. The summed E-state index contributed by atoms with van der Waals surface area (Å²) in [6, 6.07) is 10.3. The molecule has 162 valence electrons. The summed E-state index contributed by atoms with van der Waals surface area (Å²) in [7, 11) is 1.40. The van der Waals surface area contributed by atoms with E-state index in [1.54, 1.807) is 37.3 Å². The number of halogens is 2. The van der Waals surface area contributed by atoms with Crippen molar-refractivity contribution in [3.8, 4) is 11.5 Å². The second-order valence-corrected chi connectivity index (χ2v) is 7.36. The first kappa shape index (κ1) is 22.6. The predicted octanol–water partition coefficient (Wildman–Crippen LogP) is 3.51. The largest absolute Gasteiger partial charge is 0.493 e. The van der Waals surface area contributed by atoms with E-state index in [9.17, 15) is 14.4 Å². The van der Waals surface area contributed by atoms with Gasteiger partial charge in [-0.2, -0.15) is 0 Å². The van der Waals surface area contributed by atoms with Gasteiger partial charge in [0.15, 0.2) is 18.1 Å². The van der Waals surface area contributed by atoms with Crippen molar-refractivity contribution in [3.63, 3.8) is 0 Å². The molecule has 2 aromatic rings. The van der Waals surface area contributed by atoms with E-state index in [-0.39, 0.29) is 35.3 Å². The normalized spacial score (nSPS) is 14.6. The molecule has 0 aromatic heterocycles. The lowest BCUT2D eigenvalue weighted by atomic mass is 10.1. The molecule has 0 bridgehead atoms. The van der Waals surface area contributed by atoms with Gasteiger partial charge in [-0.3, -0.25) is 15.0 Å². The highest BCUT2D eigenvalue weighted by molar-refractivity contribution is 9.10. The lowest BCUT2D eigenvalue weighted by Gasteiger charge is -2.15. The molecule has 8 nitrogen and oxygen atoms in total. The molecule has 0 atom stereocenters. The number of para-hydroxylation sites is 1. The molecule has 31 heavy (non-hydrogen) atoms. The SMILES string of the molecule is CCOC(=O)COc1c(OC)cc(/C=C2/C(=O)NN(c3ccccc3)C2=O)c(Br)c1Cl. The van der Waals surface area contributed by atoms with Crippen LogP contribution in [0.3, 0.4) is 0 Å². The number of anilines is 1. The standard InChI is InChI=1S/C21H18BrClN2O6/c1-3-30-16(26)11-31-19-15(29-2)10-12(17(22)18(19)23)9-14-20(27)24-25(21(14)28)13-7-5-4-6-8-13/h4-10H,3,11H2,1-2H3,(H,24,27)/b14-9-. The number of amides is 2. The predicted molar refractivity (Wildman–Crippen MR) is 118 cm³/mol. The highest BCUT2D eigenvalue weighted by Crippen LogP contribution is 2.43. The summed E-state index contributed by atoms with van der Waals surface area (Å²) in [6.07, 6.45) is 1.40. The van der Waals surface area contributed by atoms with Crippen LogP contribution in [0.1, 0.15) is 12.5 Å². The quantitative estimate of drug-likeness (QED) is 0.349. The minimum absolute atomic E-state index is 0.0807. The van der Waals surface area contributed by atoms with Gasteiger partial charge in [0.2, 0.25) is 0 Å². The Morgan fingerprint density at radius 2 is 1.97 bits per heavy atom. The number of carbonyl (C=O) groups excluding carboxylic acids is 3. The van der Waals surface area contributed by atoms with E-state index < -0.39 is 17.8 Å². The number of ether oxygens (including phenoxy) is 3. The molecule has 1 fully saturated rings. The Bertz CT molecular complexity index is 1060. The molecule has 0 saturated carbocycles. The van der Waals surface area contributed by atoms with Crippen molar-refractivity contribution in [2.45, 2.75) is 6.92 Å². The van der Waals surface area contributed by atoms with Crippen LogP contribution in [0.15, 0.2) is 46.4 Å². The summed E-state index contributed by atoms with van der Waals surface area (Å²) in [4.78, 5) is 36.8. The molecule has 2 aromatic carbocycles. The van der Waals surface area contributed by atoms with Crippen LogP contribution in [0, 0.1) is 0 Å².